The maximum Gasteiger partial charge on any atom is 0.244 e. The minimum Gasteiger partial charge on any atom is -0.382 e. The molecule has 1 atom stereocenters. The van der Waals surface area contributed by atoms with Gasteiger partial charge in [0.25, 0.3) is 0 Å². The molecule has 0 aromatic carbocycles. The molecule has 0 spiro atoms. The fraction of sp³-hybridized carbons (Fsp3) is 0.385. The Labute approximate surface area is 116 Å². The molecule has 102 valence electrons. The summed E-state index contributed by atoms with van der Waals surface area (Å²) in [7, 11) is 1.81. The minimum atomic E-state index is 0.0154. The number of nitrogens with zero attached hydrogens (tertiary/aromatic N) is 3. The van der Waals surface area contributed by atoms with E-state index in [1.54, 1.807) is 33.2 Å². The second kappa shape index (κ2) is 5.44. The van der Waals surface area contributed by atoms with E-state index in [0.29, 0.717) is 5.82 Å². The van der Waals surface area contributed by atoms with E-state index < -0.39 is 0 Å². The minimum absolute atomic E-state index is 0.0154. The van der Waals surface area contributed by atoms with Crippen molar-refractivity contribution in [2.45, 2.75) is 26.4 Å². The van der Waals surface area contributed by atoms with Gasteiger partial charge < -0.3 is 10.6 Å². The van der Waals surface area contributed by atoms with E-state index in [-0.39, 0.29) is 18.5 Å². The number of nitrogen functional groups attached to an aromatic ring is 1. The van der Waals surface area contributed by atoms with Crippen molar-refractivity contribution in [1.29, 1.82) is 0 Å². The highest BCUT2D eigenvalue weighted by atomic mass is 32.1. The van der Waals surface area contributed by atoms with E-state index in [2.05, 4.69) is 24.2 Å². The number of aryl methyl sites for hydroxylation is 1. The zero-order chi connectivity index (χ0) is 14.0. The van der Waals surface area contributed by atoms with Crippen LogP contribution in [0.2, 0.25) is 0 Å². The summed E-state index contributed by atoms with van der Waals surface area (Å²) in [4.78, 5) is 16.4. The maximum absolute atomic E-state index is 12.2. The Morgan fingerprint density at radius 1 is 1.53 bits per heavy atom. The van der Waals surface area contributed by atoms with Gasteiger partial charge in [0.2, 0.25) is 5.91 Å². The first-order valence-electron chi connectivity index (χ1n) is 6.08. The Hall–Kier alpha value is -1.82. The van der Waals surface area contributed by atoms with Gasteiger partial charge >= 0.3 is 0 Å². The van der Waals surface area contributed by atoms with Gasteiger partial charge in [-0.15, -0.1) is 11.3 Å². The zero-order valence-electron chi connectivity index (χ0n) is 11.3. The van der Waals surface area contributed by atoms with Crippen LogP contribution in [0.15, 0.2) is 24.4 Å². The van der Waals surface area contributed by atoms with Gasteiger partial charge in [0.1, 0.15) is 12.4 Å². The summed E-state index contributed by atoms with van der Waals surface area (Å²) in [6.45, 7) is 4.30. The molecule has 0 aliphatic carbocycles. The predicted molar refractivity (Wildman–Crippen MR) is 76.9 cm³/mol. The van der Waals surface area contributed by atoms with Crippen LogP contribution in [0.4, 0.5) is 5.82 Å². The lowest BCUT2D eigenvalue weighted by Gasteiger charge is -2.24. The largest absolute Gasteiger partial charge is 0.382 e. The number of carbonyl (C=O) groups is 1. The van der Waals surface area contributed by atoms with E-state index >= 15 is 0 Å². The molecule has 19 heavy (non-hydrogen) atoms. The van der Waals surface area contributed by atoms with Crippen molar-refractivity contribution in [3.63, 3.8) is 0 Å². The smallest absolute Gasteiger partial charge is 0.244 e. The van der Waals surface area contributed by atoms with Gasteiger partial charge in [-0.25, -0.2) is 0 Å². The van der Waals surface area contributed by atoms with Gasteiger partial charge in [0.15, 0.2) is 0 Å². The third-order valence-corrected chi connectivity index (χ3v) is 4.28. The van der Waals surface area contributed by atoms with Crippen LogP contribution in [0, 0.1) is 6.92 Å². The van der Waals surface area contributed by atoms with Crippen molar-refractivity contribution in [3.05, 3.63) is 34.2 Å². The highest BCUT2D eigenvalue weighted by Crippen LogP contribution is 2.26. The normalized spacial score (nSPS) is 12.4. The van der Waals surface area contributed by atoms with E-state index in [1.807, 2.05) is 14.0 Å². The van der Waals surface area contributed by atoms with Crippen molar-refractivity contribution < 1.29 is 4.79 Å². The molecule has 0 aliphatic heterocycles. The molecule has 6 heteroatoms. The standard InChI is InChI=1S/C13H18N4OS/c1-9-4-5-11(19-9)10(2)16(3)13(18)8-17-7-6-12(14)15-17/h4-7,10H,8H2,1-3H3,(H2,14,15). The first-order chi connectivity index (χ1) is 8.97. The molecule has 0 fully saturated rings. The molecule has 0 bridgehead atoms. The predicted octanol–water partition coefficient (Wildman–Crippen LogP) is 2.05. The Morgan fingerprint density at radius 3 is 2.79 bits per heavy atom. The van der Waals surface area contributed by atoms with Gasteiger partial charge in [-0.1, -0.05) is 0 Å². The maximum atomic E-state index is 12.2. The summed E-state index contributed by atoms with van der Waals surface area (Å²) in [5.41, 5.74) is 5.53. The molecule has 2 heterocycles. The zero-order valence-corrected chi connectivity index (χ0v) is 12.1. The Morgan fingerprint density at radius 2 is 2.26 bits per heavy atom. The van der Waals surface area contributed by atoms with Crippen LogP contribution in [0.1, 0.15) is 22.7 Å². The number of thiophene rings is 1. The number of nitrogens with two attached hydrogens (primary N) is 1. The van der Waals surface area contributed by atoms with E-state index in [1.165, 1.54) is 9.75 Å². The molecule has 2 rings (SSSR count). The first kappa shape index (κ1) is 13.6. The van der Waals surface area contributed by atoms with Crippen molar-refractivity contribution in [1.82, 2.24) is 14.7 Å². The molecule has 1 amide bonds. The fourth-order valence-corrected chi connectivity index (χ4v) is 2.77. The Balaban J connectivity index is 2.02. The average Bonchev–Trinajstić information content (AvgIpc) is 2.96. The molecule has 2 aromatic heterocycles. The quantitative estimate of drug-likeness (QED) is 0.931. The van der Waals surface area contributed by atoms with E-state index in [4.69, 9.17) is 5.73 Å². The van der Waals surface area contributed by atoms with Crippen LogP contribution in [-0.2, 0) is 11.3 Å². The Kier molecular flexibility index (Phi) is 3.90. The second-order valence-electron chi connectivity index (χ2n) is 4.57. The number of hydrogen-bond donors (Lipinski definition) is 1. The number of rotatable bonds is 4. The number of amides is 1. The molecule has 1 unspecified atom stereocenters. The van der Waals surface area contributed by atoms with Crippen LogP contribution in [0.5, 0.6) is 0 Å². The highest BCUT2D eigenvalue weighted by Gasteiger charge is 2.19. The van der Waals surface area contributed by atoms with Crippen molar-refractivity contribution in [2.24, 2.45) is 0 Å². The van der Waals surface area contributed by atoms with E-state index in [0.717, 1.165) is 0 Å². The lowest BCUT2D eigenvalue weighted by atomic mass is 10.2. The van der Waals surface area contributed by atoms with Gasteiger partial charge in [0.05, 0.1) is 6.04 Å². The third-order valence-electron chi connectivity index (χ3n) is 3.11. The van der Waals surface area contributed by atoms with Gasteiger partial charge in [-0.2, -0.15) is 5.10 Å². The molecule has 0 aliphatic rings. The summed E-state index contributed by atoms with van der Waals surface area (Å²) in [5, 5.41) is 4.02. The number of hydrogen-bond acceptors (Lipinski definition) is 4. The van der Waals surface area contributed by atoms with Gasteiger partial charge in [-0.3, -0.25) is 9.48 Å². The molecule has 5 nitrogen and oxygen atoms in total. The number of carbonyl (C=O) groups excluding carboxylic acids is 1. The number of anilines is 1. The molecule has 2 aromatic rings. The van der Waals surface area contributed by atoms with Crippen LogP contribution in [0.3, 0.4) is 0 Å². The molecular weight excluding hydrogens is 260 g/mol. The summed E-state index contributed by atoms with van der Waals surface area (Å²) in [6.07, 6.45) is 1.71. The monoisotopic (exact) mass is 278 g/mol. The second-order valence-corrected chi connectivity index (χ2v) is 5.89. The SMILES string of the molecule is Cc1ccc(C(C)N(C)C(=O)Cn2ccc(N)n2)s1. The van der Waals surface area contributed by atoms with Gasteiger partial charge in [-0.05, 0) is 32.0 Å². The van der Waals surface area contributed by atoms with Gasteiger partial charge in [0, 0.05) is 23.0 Å². The Bertz CT molecular complexity index is 575. The van der Waals surface area contributed by atoms with E-state index in [9.17, 15) is 4.79 Å². The number of aromatic nitrogens is 2. The molecule has 2 N–H and O–H groups in total. The fourth-order valence-electron chi connectivity index (χ4n) is 1.80. The van der Waals surface area contributed by atoms with Crippen molar-refractivity contribution >= 4 is 23.1 Å². The first-order valence-corrected chi connectivity index (χ1v) is 6.90. The summed E-state index contributed by atoms with van der Waals surface area (Å²) in [5.74, 6) is 0.444. The number of likely N-dealkylation sites (N-methyl/N-ethyl adjacent to an activating group) is 1. The molecule has 0 radical (unpaired) electrons. The summed E-state index contributed by atoms with van der Waals surface area (Å²) >= 11 is 1.72. The highest BCUT2D eigenvalue weighted by molar-refractivity contribution is 7.12. The van der Waals surface area contributed by atoms with Crippen molar-refractivity contribution in [3.8, 4) is 0 Å². The lowest BCUT2D eigenvalue weighted by Crippen LogP contribution is -2.32. The van der Waals surface area contributed by atoms with Crippen LogP contribution >= 0.6 is 11.3 Å². The topological polar surface area (TPSA) is 64.2 Å². The molecule has 0 saturated carbocycles. The summed E-state index contributed by atoms with van der Waals surface area (Å²) in [6, 6.07) is 5.89. The average molecular weight is 278 g/mol. The van der Waals surface area contributed by atoms with Crippen molar-refractivity contribution in [2.75, 3.05) is 12.8 Å². The molecule has 0 saturated heterocycles. The summed E-state index contributed by atoms with van der Waals surface area (Å²) < 4.78 is 1.56. The van der Waals surface area contributed by atoms with Crippen LogP contribution < -0.4 is 5.73 Å². The lowest BCUT2D eigenvalue weighted by molar-refractivity contribution is -0.132. The molecular formula is C13H18N4OS. The van der Waals surface area contributed by atoms with Crippen LogP contribution in [-0.4, -0.2) is 27.6 Å². The van der Waals surface area contributed by atoms with Crippen LogP contribution in [0.25, 0.3) is 0 Å². The third kappa shape index (κ3) is 3.14.